The molecule has 11 aromatic carbocycles. The molecule has 0 heterocycles. The highest BCUT2D eigenvalue weighted by atomic mass is 19.1. The molecule has 4 heteroatoms. The first-order chi connectivity index (χ1) is 32.0. The van der Waals surface area contributed by atoms with Crippen LogP contribution in [0.1, 0.15) is 22.3 Å². The number of halogens is 2. The van der Waals surface area contributed by atoms with E-state index in [0.717, 1.165) is 55.7 Å². The van der Waals surface area contributed by atoms with Gasteiger partial charge >= 0.3 is 0 Å². The van der Waals surface area contributed by atoms with Gasteiger partial charge in [0.1, 0.15) is 11.6 Å². The number of para-hydroxylation sites is 2. The summed E-state index contributed by atoms with van der Waals surface area (Å²) >= 11 is 0. The van der Waals surface area contributed by atoms with Crippen LogP contribution in [0.5, 0.6) is 0 Å². The van der Waals surface area contributed by atoms with Crippen LogP contribution in [0.25, 0.3) is 54.6 Å². The Morgan fingerprint density at radius 2 is 0.723 bits per heavy atom. The first-order valence-electron chi connectivity index (χ1n) is 22.0. The van der Waals surface area contributed by atoms with E-state index in [0.29, 0.717) is 0 Å². The van der Waals surface area contributed by atoms with Crippen LogP contribution in [0.15, 0.2) is 231 Å². The van der Waals surface area contributed by atoms with Crippen molar-refractivity contribution in [2.45, 2.75) is 5.41 Å². The number of fused-ring (bicyclic) bond motifs is 14. The first-order valence-corrected chi connectivity index (χ1v) is 22.0. The van der Waals surface area contributed by atoms with Gasteiger partial charge in [-0.3, -0.25) is 0 Å². The van der Waals surface area contributed by atoms with Crippen molar-refractivity contribution in [3.63, 3.8) is 0 Å². The van der Waals surface area contributed by atoms with Crippen LogP contribution in [-0.4, -0.2) is 0 Å². The van der Waals surface area contributed by atoms with Gasteiger partial charge in [-0.2, -0.15) is 0 Å². The molecule has 0 bridgehead atoms. The first kappa shape index (κ1) is 37.2. The molecular weight excluding hydrogens is 799 g/mol. The maximum Gasteiger partial charge on any atom is 0.123 e. The second-order valence-corrected chi connectivity index (χ2v) is 17.2. The summed E-state index contributed by atoms with van der Waals surface area (Å²) in [5.41, 5.74) is 15.1. The molecule has 0 N–H and O–H groups in total. The van der Waals surface area contributed by atoms with Crippen molar-refractivity contribution in [2.24, 2.45) is 0 Å². The minimum absolute atomic E-state index is 0.268. The molecule has 2 nitrogen and oxygen atoms in total. The van der Waals surface area contributed by atoms with E-state index in [1.165, 1.54) is 79.5 Å². The van der Waals surface area contributed by atoms with E-state index in [1.807, 2.05) is 60.7 Å². The smallest absolute Gasteiger partial charge is 0.123 e. The lowest BCUT2D eigenvalue weighted by Crippen LogP contribution is -2.26. The van der Waals surface area contributed by atoms with E-state index in [2.05, 4.69) is 155 Å². The van der Waals surface area contributed by atoms with Gasteiger partial charge < -0.3 is 9.80 Å². The summed E-state index contributed by atoms with van der Waals surface area (Å²) in [6.07, 6.45) is 0. The number of hydrogen-bond donors (Lipinski definition) is 0. The van der Waals surface area contributed by atoms with Gasteiger partial charge in [0.15, 0.2) is 0 Å². The average molecular weight is 837 g/mol. The largest absolute Gasteiger partial charge is 0.310 e. The van der Waals surface area contributed by atoms with Gasteiger partial charge in [0.25, 0.3) is 0 Å². The number of nitrogens with zero attached hydrogens (tertiary/aromatic N) is 2. The Balaban J connectivity index is 1.08. The van der Waals surface area contributed by atoms with Crippen molar-refractivity contribution in [1.82, 2.24) is 0 Å². The molecule has 0 unspecified atom stereocenters. The zero-order chi connectivity index (χ0) is 43.2. The SMILES string of the molecule is Fc1ccc(N(c2ccccc2)c2ccc3cc4c(cc3c2)C2(c3cc5cc(N(c6ccccc6)c6ccc(F)cc6)ccc5cc3-4)c3ccccc3-c3c2ccc2ccccc32)cc1. The van der Waals surface area contributed by atoms with Crippen LogP contribution in [0.2, 0.25) is 0 Å². The van der Waals surface area contributed by atoms with Crippen molar-refractivity contribution in [1.29, 1.82) is 0 Å². The fourth-order valence-corrected chi connectivity index (χ4v) is 10.9. The van der Waals surface area contributed by atoms with Gasteiger partial charge in [-0.05, 0) is 198 Å². The molecule has 0 aromatic heterocycles. The third-order valence-corrected chi connectivity index (χ3v) is 13.7. The molecule has 65 heavy (non-hydrogen) atoms. The molecule has 306 valence electrons. The number of hydrogen-bond acceptors (Lipinski definition) is 2. The molecule has 0 aliphatic heterocycles. The van der Waals surface area contributed by atoms with E-state index in [1.54, 1.807) is 0 Å². The van der Waals surface area contributed by atoms with Gasteiger partial charge in [0.2, 0.25) is 0 Å². The maximum absolute atomic E-state index is 14.3. The Hall–Kier alpha value is -8.34. The maximum atomic E-state index is 14.3. The van der Waals surface area contributed by atoms with Crippen LogP contribution in [-0.2, 0) is 5.41 Å². The van der Waals surface area contributed by atoms with Crippen molar-refractivity contribution in [3.05, 3.63) is 264 Å². The lowest BCUT2D eigenvalue weighted by atomic mass is 9.70. The van der Waals surface area contributed by atoms with Crippen LogP contribution < -0.4 is 9.80 Å². The molecule has 2 aliphatic carbocycles. The second kappa shape index (κ2) is 14.3. The molecule has 13 rings (SSSR count). The molecule has 0 saturated carbocycles. The molecule has 0 amide bonds. The molecule has 0 fully saturated rings. The minimum Gasteiger partial charge on any atom is -0.310 e. The Bertz CT molecular complexity index is 3500. The molecule has 0 atom stereocenters. The highest BCUT2D eigenvalue weighted by Crippen LogP contribution is 2.64. The molecular formula is C61H38F2N2. The summed E-state index contributed by atoms with van der Waals surface area (Å²) in [6.45, 7) is 0. The summed E-state index contributed by atoms with van der Waals surface area (Å²) in [7, 11) is 0. The fraction of sp³-hybridized carbons (Fsp3) is 0.0164. The second-order valence-electron chi connectivity index (χ2n) is 17.2. The van der Waals surface area contributed by atoms with E-state index in [4.69, 9.17) is 0 Å². The minimum atomic E-state index is -0.624. The van der Waals surface area contributed by atoms with E-state index in [-0.39, 0.29) is 11.6 Å². The van der Waals surface area contributed by atoms with Crippen molar-refractivity contribution >= 4 is 66.4 Å². The van der Waals surface area contributed by atoms with E-state index < -0.39 is 5.41 Å². The third kappa shape index (κ3) is 5.63. The lowest BCUT2D eigenvalue weighted by Gasteiger charge is -2.31. The topological polar surface area (TPSA) is 6.48 Å². The predicted molar refractivity (Wildman–Crippen MR) is 265 cm³/mol. The third-order valence-electron chi connectivity index (χ3n) is 13.7. The zero-order valence-corrected chi connectivity index (χ0v) is 35.1. The zero-order valence-electron chi connectivity index (χ0n) is 35.1. The van der Waals surface area contributed by atoms with Crippen LogP contribution in [0, 0.1) is 11.6 Å². The molecule has 2 aliphatic rings. The van der Waals surface area contributed by atoms with Crippen LogP contribution >= 0.6 is 0 Å². The van der Waals surface area contributed by atoms with Gasteiger partial charge in [0, 0.05) is 34.1 Å². The Kier molecular flexibility index (Phi) is 8.22. The molecule has 1 spiro atoms. The predicted octanol–water partition coefficient (Wildman–Crippen LogP) is 16.7. The van der Waals surface area contributed by atoms with Crippen LogP contribution in [0.3, 0.4) is 0 Å². The quantitative estimate of drug-likeness (QED) is 0.165. The van der Waals surface area contributed by atoms with Crippen LogP contribution in [0.4, 0.5) is 42.9 Å². The van der Waals surface area contributed by atoms with Gasteiger partial charge in [0.05, 0.1) is 5.41 Å². The van der Waals surface area contributed by atoms with Crippen molar-refractivity contribution < 1.29 is 8.78 Å². The summed E-state index contributed by atoms with van der Waals surface area (Å²) < 4.78 is 28.6. The highest BCUT2D eigenvalue weighted by Gasteiger charge is 2.52. The molecule has 11 aromatic rings. The summed E-state index contributed by atoms with van der Waals surface area (Å²) in [6, 6.07) is 79.4. The van der Waals surface area contributed by atoms with E-state index >= 15 is 0 Å². The Morgan fingerprint density at radius 3 is 1.28 bits per heavy atom. The fourth-order valence-electron chi connectivity index (χ4n) is 10.9. The summed E-state index contributed by atoms with van der Waals surface area (Å²) in [5, 5.41) is 6.97. The summed E-state index contributed by atoms with van der Waals surface area (Å²) in [4.78, 5) is 4.38. The average Bonchev–Trinajstić information content (AvgIpc) is 3.81. The lowest BCUT2D eigenvalue weighted by molar-refractivity contribution is 0.627. The number of benzene rings is 11. The van der Waals surface area contributed by atoms with Gasteiger partial charge in [-0.1, -0.05) is 109 Å². The van der Waals surface area contributed by atoms with Gasteiger partial charge in [-0.25, -0.2) is 8.78 Å². The van der Waals surface area contributed by atoms with Crippen molar-refractivity contribution in [2.75, 3.05) is 9.80 Å². The molecule has 0 radical (unpaired) electrons. The Morgan fingerprint density at radius 1 is 0.277 bits per heavy atom. The Labute approximate surface area is 375 Å². The number of anilines is 6. The highest BCUT2D eigenvalue weighted by molar-refractivity contribution is 6.09. The summed E-state index contributed by atoms with van der Waals surface area (Å²) in [5.74, 6) is -0.535. The van der Waals surface area contributed by atoms with Crippen molar-refractivity contribution in [3.8, 4) is 22.3 Å². The normalized spacial score (nSPS) is 12.9. The van der Waals surface area contributed by atoms with Gasteiger partial charge in [-0.15, -0.1) is 0 Å². The number of rotatable bonds is 6. The monoisotopic (exact) mass is 836 g/mol. The van der Waals surface area contributed by atoms with E-state index in [9.17, 15) is 8.78 Å². The standard InChI is InChI=1S/C61H38F2N2/c62-44-22-28-48(29-23-44)64(46-12-3-1-4-13-46)50-26-19-40-35-54-55-36-41-20-27-51(65(47-14-5-2-6-15-47)49-30-24-45(63)25-31-49)34-43(41)38-59(55)61(58(54)37-42(40)33-50)56-18-10-9-17-53(56)60-52-16-8-7-11-39(52)21-32-57(60)61/h1-38H. The molecule has 0 saturated heterocycles.